The lowest BCUT2D eigenvalue weighted by Crippen LogP contribution is -2.14. The Hall–Kier alpha value is -2.93. The Morgan fingerprint density at radius 2 is 2.04 bits per heavy atom. The smallest absolute Gasteiger partial charge is 0.331 e. The zero-order valence-corrected chi connectivity index (χ0v) is 16.3. The van der Waals surface area contributed by atoms with Crippen LogP contribution in [-0.4, -0.2) is 23.0 Å². The molecule has 1 aliphatic carbocycles. The predicted molar refractivity (Wildman–Crippen MR) is 109 cm³/mol. The molecule has 6 nitrogen and oxygen atoms in total. The maximum atomic E-state index is 12.5. The molecule has 7 heteroatoms. The molecule has 1 N–H and O–H groups in total. The van der Waals surface area contributed by atoms with Crippen molar-refractivity contribution in [2.75, 3.05) is 7.11 Å². The molecular formula is C21H20N2O4S. The first kappa shape index (κ1) is 18.4. The molecule has 1 aromatic carbocycles. The van der Waals surface area contributed by atoms with Gasteiger partial charge < -0.3 is 14.5 Å². The van der Waals surface area contributed by atoms with E-state index in [0.717, 1.165) is 47.4 Å². The number of nitrogens with one attached hydrogen (secondary N) is 1. The number of esters is 1. The first-order valence-corrected chi connectivity index (χ1v) is 9.98. The standard InChI is InChI=1S/C21H20N2O4S/c1-26-14-9-6-13(7-10-14)8-11-18(24)27-12-17-22-20(25)19-15-4-2-3-5-16(15)28-21(19)23-17/h6-11H,2-5,12H2,1H3,(H,22,23,25)/b11-8+. The molecule has 0 fully saturated rings. The van der Waals surface area contributed by atoms with Crippen molar-refractivity contribution in [2.45, 2.75) is 32.3 Å². The van der Waals surface area contributed by atoms with E-state index in [-0.39, 0.29) is 12.2 Å². The zero-order valence-electron chi connectivity index (χ0n) is 15.5. The fraction of sp³-hybridized carbons (Fsp3) is 0.286. The fourth-order valence-electron chi connectivity index (χ4n) is 3.34. The number of ether oxygens (including phenoxy) is 2. The normalized spacial score (nSPS) is 13.6. The van der Waals surface area contributed by atoms with E-state index in [9.17, 15) is 9.59 Å². The highest BCUT2D eigenvalue weighted by Crippen LogP contribution is 2.33. The highest BCUT2D eigenvalue weighted by molar-refractivity contribution is 7.18. The van der Waals surface area contributed by atoms with Gasteiger partial charge in [0.2, 0.25) is 0 Å². The molecule has 0 saturated carbocycles. The van der Waals surface area contributed by atoms with Gasteiger partial charge in [-0.3, -0.25) is 4.79 Å². The molecular weight excluding hydrogens is 376 g/mol. The van der Waals surface area contributed by atoms with Gasteiger partial charge in [-0.25, -0.2) is 9.78 Å². The van der Waals surface area contributed by atoms with Gasteiger partial charge in [0.15, 0.2) is 0 Å². The van der Waals surface area contributed by atoms with Crippen molar-refractivity contribution in [3.05, 3.63) is 62.5 Å². The quantitative estimate of drug-likeness (QED) is 0.526. The van der Waals surface area contributed by atoms with Gasteiger partial charge in [-0.05, 0) is 55.0 Å². The number of methoxy groups -OCH3 is 1. The first-order chi connectivity index (χ1) is 13.6. The minimum Gasteiger partial charge on any atom is -0.497 e. The number of benzene rings is 1. The summed E-state index contributed by atoms with van der Waals surface area (Å²) >= 11 is 1.58. The summed E-state index contributed by atoms with van der Waals surface area (Å²) in [6, 6.07) is 7.31. The van der Waals surface area contributed by atoms with Crippen molar-refractivity contribution in [1.29, 1.82) is 0 Å². The number of fused-ring (bicyclic) bond motifs is 3. The highest BCUT2D eigenvalue weighted by Gasteiger charge is 2.19. The Labute approximate surface area is 165 Å². The van der Waals surface area contributed by atoms with E-state index in [1.165, 1.54) is 11.0 Å². The molecule has 1 aliphatic rings. The lowest BCUT2D eigenvalue weighted by Gasteiger charge is -2.09. The number of aromatic amines is 1. The van der Waals surface area contributed by atoms with Gasteiger partial charge in [-0.2, -0.15) is 0 Å². The van der Waals surface area contributed by atoms with E-state index in [4.69, 9.17) is 9.47 Å². The van der Waals surface area contributed by atoms with Crippen molar-refractivity contribution in [3.63, 3.8) is 0 Å². The number of thiophene rings is 1. The van der Waals surface area contributed by atoms with E-state index in [2.05, 4.69) is 9.97 Å². The highest BCUT2D eigenvalue weighted by atomic mass is 32.1. The molecule has 0 spiro atoms. The van der Waals surface area contributed by atoms with Gasteiger partial charge in [0, 0.05) is 11.0 Å². The Balaban J connectivity index is 1.44. The van der Waals surface area contributed by atoms with Gasteiger partial charge >= 0.3 is 5.97 Å². The van der Waals surface area contributed by atoms with Crippen LogP contribution in [0, 0.1) is 0 Å². The van der Waals surface area contributed by atoms with Gasteiger partial charge in [-0.15, -0.1) is 11.3 Å². The maximum absolute atomic E-state index is 12.5. The topological polar surface area (TPSA) is 81.3 Å². The van der Waals surface area contributed by atoms with Crippen molar-refractivity contribution in [2.24, 2.45) is 0 Å². The number of aryl methyl sites for hydroxylation is 2. The maximum Gasteiger partial charge on any atom is 0.331 e. The van der Waals surface area contributed by atoms with Crippen LogP contribution in [0.4, 0.5) is 0 Å². The number of carbonyl (C=O) groups is 1. The van der Waals surface area contributed by atoms with E-state index >= 15 is 0 Å². The number of hydrogen-bond donors (Lipinski definition) is 1. The molecule has 4 rings (SSSR count). The van der Waals surface area contributed by atoms with Crippen LogP contribution in [0.25, 0.3) is 16.3 Å². The Morgan fingerprint density at radius 3 is 2.82 bits per heavy atom. The Kier molecular flexibility index (Phi) is 5.25. The van der Waals surface area contributed by atoms with Crippen LogP contribution >= 0.6 is 11.3 Å². The number of aromatic nitrogens is 2. The summed E-state index contributed by atoms with van der Waals surface area (Å²) in [5, 5.41) is 0.703. The lowest BCUT2D eigenvalue weighted by molar-refractivity contribution is -0.139. The second kappa shape index (κ2) is 7.98. The molecule has 0 radical (unpaired) electrons. The summed E-state index contributed by atoms with van der Waals surface area (Å²) in [6.07, 6.45) is 7.22. The molecule has 2 aromatic heterocycles. The molecule has 144 valence electrons. The van der Waals surface area contributed by atoms with Crippen LogP contribution in [0.1, 0.15) is 34.7 Å². The van der Waals surface area contributed by atoms with E-state index in [1.807, 2.05) is 24.3 Å². The summed E-state index contributed by atoms with van der Waals surface area (Å²) in [5.41, 5.74) is 1.85. The second-order valence-corrected chi connectivity index (χ2v) is 7.70. The number of nitrogens with zero attached hydrogens (tertiary/aromatic N) is 1. The van der Waals surface area contributed by atoms with Crippen LogP contribution in [-0.2, 0) is 29.0 Å². The third kappa shape index (κ3) is 3.84. The molecule has 28 heavy (non-hydrogen) atoms. The number of rotatable bonds is 5. The summed E-state index contributed by atoms with van der Waals surface area (Å²) in [7, 11) is 1.60. The molecule has 3 aromatic rings. The minimum atomic E-state index is -0.496. The van der Waals surface area contributed by atoms with E-state index < -0.39 is 5.97 Å². The average Bonchev–Trinajstić information content (AvgIpc) is 3.10. The monoisotopic (exact) mass is 396 g/mol. The number of H-pyrrole nitrogens is 1. The Morgan fingerprint density at radius 1 is 1.25 bits per heavy atom. The van der Waals surface area contributed by atoms with Crippen LogP contribution < -0.4 is 10.3 Å². The van der Waals surface area contributed by atoms with E-state index in [0.29, 0.717) is 11.2 Å². The van der Waals surface area contributed by atoms with Gasteiger partial charge in [0.25, 0.3) is 5.56 Å². The molecule has 0 unspecified atom stereocenters. The Bertz CT molecular complexity index is 1100. The largest absolute Gasteiger partial charge is 0.497 e. The summed E-state index contributed by atoms with van der Waals surface area (Å²) in [5.74, 6) is 0.617. The third-order valence-electron chi connectivity index (χ3n) is 4.75. The number of carbonyl (C=O) groups excluding carboxylic acids is 1. The van der Waals surface area contributed by atoms with Gasteiger partial charge in [0.05, 0.1) is 12.5 Å². The molecule has 0 amide bonds. The van der Waals surface area contributed by atoms with E-state index in [1.54, 1.807) is 24.5 Å². The third-order valence-corrected chi connectivity index (χ3v) is 5.94. The van der Waals surface area contributed by atoms with Crippen LogP contribution in [0.5, 0.6) is 5.75 Å². The minimum absolute atomic E-state index is 0.0699. The average molecular weight is 396 g/mol. The SMILES string of the molecule is COc1ccc(/C=C/C(=O)OCc2nc3sc4c(c3c(=O)[nH]2)CCCC4)cc1. The molecule has 0 bridgehead atoms. The molecule has 2 heterocycles. The fourth-order valence-corrected chi connectivity index (χ4v) is 4.62. The molecule has 0 saturated heterocycles. The molecule has 0 atom stereocenters. The van der Waals surface area contributed by atoms with Gasteiger partial charge in [0.1, 0.15) is 23.0 Å². The summed E-state index contributed by atoms with van der Waals surface area (Å²) in [6.45, 7) is -0.0699. The van der Waals surface area contributed by atoms with Gasteiger partial charge in [-0.1, -0.05) is 12.1 Å². The first-order valence-electron chi connectivity index (χ1n) is 9.16. The zero-order chi connectivity index (χ0) is 19.5. The van der Waals surface area contributed by atoms with Crippen molar-refractivity contribution in [3.8, 4) is 5.75 Å². The van der Waals surface area contributed by atoms with Crippen molar-refractivity contribution >= 4 is 33.6 Å². The van der Waals surface area contributed by atoms with Crippen molar-refractivity contribution in [1.82, 2.24) is 9.97 Å². The number of hydrogen-bond acceptors (Lipinski definition) is 6. The van der Waals surface area contributed by atoms with Crippen LogP contribution in [0.3, 0.4) is 0 Å². The van der Waals surface area contributed by atoms with Crippen molar-refractivity contribution < 1.29 is 14.3 Å². The van der Waals surface area contributed by atoms with Crippen LogP contribution in [0.2, 0.25) is 0 Å². The lowest BCUT2D eigenvalue weighted by atomic mass is 9.97. The molecule has 0 aliphatic heterocycles. The van der Waals surface area contributed by atoms with Crippen LogP contribution in [0.15, 0.2) is 35.1 Å². The second-order valence-electron chi connectivity index (χ2n) is 6.62. The predicted octanol–water partition coefficient (Wildman–Crippen LogP) is 3.63. The summed E-state index contributed by atoms with van der Waals surface area (Å²) < 4.78 is 10.3. The summed E-state index contributed by atoms with van der Waals surface area (Å²) in [4.78, 5) is 33.7.